The van der Waals surface area contributed by atoms with Gasteiger partial charge in [0.2, 0.25) is 5.91 Å². The summed E-state index contributed by atoms with van der Waals surface area (Å²) in [6, 6.07) is 17.4. The lowest BCUT2D eigenvalue weighted by atomic mass is 9.93. The first-order valence-electron chi connectivity index (χ1n) is 9.74. The van der Waals surface area contributed by atoms with Crippen molar-refractivity contribution < 1.29 is 9.53 Å². The molecule has 0 unspecified atom stereocenters. The van der Waals surface area contributed by atoms with Gasteiger partial charge in [0, 0.05) is 6.54 Å². The minimum absolute atomic E-state index is 0. The van der Waals surface area contributed by atoms with Crippen molar-refractivity contribution in [1.82, 2.24) is 14.9 Å². The van der Waals surface area contributed by atoms with E-state index in [0.29, 0.717) is 12.4 Å². The minimum atomic E-state index is -0.367. The molecule has 0 saturated carbocycles. The number of halogens is 2. The number of aromatic nitrogens is 2. The third-order valence-electron chi connectivity index (χ3n) is 5.30. The van der Waals surface area contributed by atoms with E-state index in [0.717, 1.165) is 29.6 Å². The van der Waals surface area contributed by atoms with Gasteiger partial charge < -0.3 is 20.4 Å². The van der Waals surface area contributed by atoms with Gasteiger partial charge in [0.05, 0.1) is 16.6 Å². The number of nitrogens with one attached hydrogen (secondary N) is 1. The zero-order valence-corrected chi connectivity index (χ0v) is 19.0. The molecule has 1 aromatic heterocycles. The molecule has 3 aromatic rings. The highest BCUT2D eigenvalue weighted by atomic mass is 35.5. The number of para-hydroxylation sites is 3. The molecule has 0 radical (unpaired) electrons. The van der Waals surface area contributed by atoms with Gasteiger partial charge in [-0.3, -0.25) is 4.79 Å². The normalized spacial score (nSPS) is 10.8. The number of benzene rings is 2. The van der Waals surface area contributed by atoms with Gasteiger partial charge in [0.15, 0.2) is 0 Å². The molecule has 1 heterocycles. The lowest BCUT2D eigenvalue weighted by Crippen LogP contribution is -2.53. The van der Waals surface area contributed by atoms with Gasteiger partial charge in [-0.15, -0.1) is 24.8 Å². The maximum Gasteiger partial charge on any atom is 0.240 e. The number of ether oxygens (including phenoxy) is 1. The van der Waals surface area contributed by atoms with Gasteiger partial charge in [-0.1, -0.05) is 44.2 Å². The number of hydrogen-bond acceptors (Lipinski definition) is 4. The van der Waals surface area contributed by atoms with Crippen molar-refractivity contribution >= 4 is 41.8 Å². The molecule has 0 aliphatic rings. The van der Waals surface area contributed by atoms with Crippen LogP contribution in [0.5, 0.6) is 5.75 Å². The Balaban J connectivity index is 0.00000225. The van der Waals surface area contributed by atoms with Crippen LogP contribution in [0.4, 0.5) is 0 Å². The smallest absolute Gasteiger partial charge is 0.240 e. The Morgan fingerprint density at radius 2 is 1.70 bits per heavy atom. The second-order valence-corrected chi connectivity index (χ2v) is 6.94. The monoisotopic (exact) mass is 452 g/mol. The Hall–Kier alpha value is -2.28. The van der Waals surface area contributed by atoms with Crippen molar-refractivity contribution in [1.29, 1.82) is 0 Å². The van der Waals surface area contributed by atoms with E-state index in [9.17, 15) is 4.79 Å². The summed E-state index contributed by atoms with van der Waals surface area (Å²) in [6.45, 7) is 4.97. The molecule has 2 aromatic carbocycles. The van der Waals surface area contributed by atoms with Crippen LogP contribution in [0.3, 0.4) is 0 Å². The SMILES string of the molecule is CCC(CC)(CN)NC(=O)Cn1c(COc2ccccc2)nc2ccccc21.Cl.Cl. The zero-order valence-electron chi connectivity index (χ0n) is 17.3. The number of carbonyl (C=O) groups excluding carboxylic acids is 1. The fourth-order valence-corrected chi connectivity index (χ4v) is 3.32. The van der Waals surface area contributed by atoms with Crippen LogP contribution in [0, 0.1) is 0 Å². The standard InChI is InChI=1S/C22H28N4O2.2ClH/c1-3-22(4-2,16-23)25-21(27)14-26-19-13-9-8-12-18(19)24-20(26)15-28-17-10-6-5-7-11-17;;/h5-13H,3-4,14-16,23H2,1-2H3,(H,25,27);2*1H. The number of amides is 1. The molecule has 0 bridgehead atoms. The van der Waals surface area contributed by atoms with E-state index >= 15 is 0 Å². The average Bonchev–Trinajstić information content (AvgIpc) is 3.09. The fourth-order valence-electron chi connectivity index (χ4n) is 3.32. The van der Waals surface area contributed by atoms with Crippen LogP contribution in [0.2, 0.25) is 0 Å². The highest BCUT2D eigenvalue weighted by molar-refractivity contribution is 5.85. The Kier molecular flexibility index (Phi) is 10.1. The van der Waals surface area contributed by atoms with Crippen LogP contribution in [-0.2, 0) is 17.9 Å². The Labute approximate surface area is 190 Å². The van der Waals surface area contributed by atoms with Crippen LogP contribution in [-0.4, -0.2) is 27.5 Å². The summed E-state index contributed by atoms with van der Waals surface area (Å²) in [5, 5.41) is 3.13. The minimum Gasteiger partial charge on any atom is -0.486 e. The van der Waals surface area contributed by atoms with Crippen molar-refractivity contribution in [2.24, 2.45) is 5.73 Å². The summed E-state index contributed by atoms with van der Waals surface area (Å²) < 4.78 is 7.79. The first kappa shape index (κ1) is 25.8. The summed E-state index contributed by atoms with van der Waals surface area (Å²) in [4.78, 5) is 17.5. The molecule has 3 N–H and O–H groups in total. The molecular formula is C22H30Cl2N4O2. The highest BCUT2D eigenvalue weighted by Gasteiger charge is 2.27. The number of nitrogens with two attached hydrogens (primary N) is 1. The predicted octanol–water partition coefficient (Wildman–Crippen LogP) is 4.09. The predicted molar refractivity (Wildman–Crippen MR) is 126 cm³/mol. The number of fused-ring (bicyclic) bond motifs is 1. The average molecular weight is 453 g/mol. The third kappa shape index (κ3) is 5.88. The van der Waals surface area contributed by atoms with Crippen molar-refractivity contribution in [2.45, 2.75) is 45.4 Å². The molecule has 8 heteroatoms. The van der Waals surface area contributed by atoms with E-state index < -0.39 is 0 Å². The van der Waals surface area contributed by atoms with Crippen LogP contribution in [0.25, 0.3) is 11.0 Å². The summed E-state index contributed by atoms with van der Waals surface area (Å²) in [5.41, 5.74) is 7.32. The molecule has 1 amide bonds. The molecule has 0 atom stereocenters. The van der Waals surface area contributed by atoms with Gasteiger partial charge >= 0.3 is 0 Å². The number of nitrogens with zero attached hydrogens (tertiary/aromatic N) is 2. The van der Waals surface area contributed by atoms with E-state index in [4.69, 9.17) is 10.5 Å². The molecule has 0 aliphatic carbocycles. The molecule has 0 aliphatic heterocycles. The highest BCUT2D eigenvalue weighted by Crippen LogP contribution is 2.19. The van der Waals surface area contributed by atoms with Crippen molar-refractivity contribution in [2.75, 3.05) is 6.54 Å². The second-order valence-electron chi connectivity index (χ2n) is 6.94. The maximum absolute atomic E-state index is 12.8. The lowest BCUT2D eigenvalue weighted by Gasteiger charge is -2.31. The van der Waals surface area contributed by atoms with Gasteiger partial charge in [-0.25, -0.2) is 4.98 Å². The molecule has 30 heavy (non-hydrogen) atoms. The first-order valence-corrected chi connectivity index (χ1v) is 9.74. The molecule has 0 spiro atoms. The molecule has 0 fully saturated rings. The molecule has 3 rings (SSSR count). The molecule has 6 nitrogen and oxygen atoms in total. The second kappa shape index (κ2) is 11.8. The summed E-state index contributed by atoms with van der Waals surface area (Å²) in [7, 11) is 0. The number of carbonyl (C=O) groups is 1. The first-order chi connectivity index (χ1) is 13.6. The fraction of sp³-hybridized carbons (Fsp3) is 0.364. The van der Waals surface area contributed by atoms with Gasteiger partial charge in [-0.05, 0) is 37.1 Å². The van der Waals surface area contributed by atoms with Gasteiger partial charge in [0.1, 0.15) is 24.7 Å². The van der Waals surface area contributed by atoms with Crippen LogP contribution < -0.4 is 15.8 Å². The van der Waals surface area contributed by atoms with Gasteiger partial charge in [0.25, 0.3) is 0 Å². The quantitative estimate of drug-likeness (QED) is 0.511. The zero-order chi connectivity index (χ0) is 20.0. The van der Waals surface area contributed by atoms with Crippen molar-refractivity contribution in [3.8, 4) is 5.75 Å². The van der Waals surface area contributed by atoms with Crippen LogP contribution in [0.15, 0.2) is 54.6 Å². The van der Waals surface area contributed by atoms with Crippen LogP contribution in [0.1, 0.15) is 32.5 Å². The third-order valence-corrected chi connectivity index (χ3v) is 5.30. The molecule has 0 saturated heterocycles. The van der Waals surface area contributed by atoms with E-state index in [1.165, 1.54) is 0 Å². The Bertz CT molecular complexity index is 919. The summed E-state index contributed by atoms with van der Waals surface area (Å²) in [5.74, 6) is 1.41. The number of hydrogen-bond donors (Lipinski definition) is 2. The van der Waals surface area contributed by atoms with E-state index in [1.807, 2.05) is 73.0 Å². The number of rotatable bonds is 9. The van der Waals surface area contributed by atoms with E-state index in [-0.39, 0.29) is 49.4 Å². The Morgan fingerprint density at radius 3 is 2.33 bits per heavy atom. The topological polar surface area (TPSA) is 82.2 Å². The Morgan fingerprint density at radius 1 is 1.07 bits per heavy atom. The largest absolute Gasteiger partial charge is 0.486 e. The lowest BCUT2D eigenvalue weighted by molar-refractivity contribution is -0.123. The van der Waals surface area contributed by atoms with E-state index in [1.54, 1.807) is 0 Å². The number of imidazole rings is 1. The maximum atomic E-state index is 12.8. The molecule has 164 valence electrons. The summed E-state index contributed by atoms with van der Waals surface area (Å²) in [6.07, 6.45) is 1.58. The van der Waals surface area contributed by atoms with Crippen molar-refractivity contribution in [3.05, 3.63) is 60.4 Å². The van der Waals surface area contributed by atoms with E-state index in [2.05, 4.69) is 10.3 Å². The van der Waals surface area contributed by atoms with Crippen molar-refractivity contribution in [3.63, 3.8) is 0 Å². The van der Waals surface area contributed by atoms with Gasteiger partial charge in [-0.2, -0.15) is 0 Å². The van der Waals surface area contributed by atoms with Crippen LogP contribution >= 0.6 is 24.8 Å². The molecular weight excluding hydrogens is 423 g/mol. The summed E-state index contributed by atoms with van der Waals surface area (Å²) >= 11 is 0.